The first-order valence-electron chi connectivity index (χ1n) is 5.38. The van der Waals surface area contributed by atoms with Crippen molar-refractivity contribution in [2.45, 2.75) is 13.8 Å². The standard InChI is InChI=1S/C12H20N2.Li.Mg.3H/c1-3-14(4-2)11-10-13-12-8-6-5-7-9-12;;;;;/h5-9,13H,3-4,10-11H2,1-2H3;;;;;/q;+1;+2;3*-1. The quantitative estimate of drug-likeness (QED) is 0.652. The monoisotopic (exact) mass is 226 g/mol. The Kier molecular flexibility index (Phi) is 13.8. The Morgan fingerprint density at radius 3 is 2.19 bits per heavy atom. The first-order chi connectivity index (χ1) is 6.86. The molecule has 0 saturated heterocycles. The van der Waals surface area contributed by atoms with Crippen LogP contribution in [0.3, 0.4) is 0 Å². The third-order valence-corrected chi connectivity index (χ3v) is 2.43. The summed E-state index contributed by atoms with van der Waals surface area (Å²) in [4.78, 5) is 2.41. The molecule has 0 aliphatic carbocycles. The molecule has 0 bridgehead atoms. The predicted octanol–water partition coefficient (Wildman–Crippen LogP) is -0.599. The van der Waals surface area contributed by atoms with Crippen LogP contribution in [0.4, 0.5) is 5.69 Å². The van der Waals surface area contributed by atoms with E-state index in [1.807, 2.05) is 6.07 Å². The molecular formula is C12H23LiMgN2. The van der Waals surface area contributed by atoms with Gasteiger partial charge in [-0.15, -0.1) is 0 Å². The average Bonchev–Trinajstić information content (AvgIpc) is 2.26. The molecule has 1 rings (SSSR count). The van der Waals surface area contributed by atoms with Crippen molar-refractivity contribution < 1.29 is 23.1 Å². The van der Waals surface area contributed by atoms with Crippen LogP contribution in [0, 0.1) is 0 Å². The van der Waals surface area contributed by atoms with E-state index in [9.17, 15) is 0 Å². The number of para-hydroxylation sites is 1. The third-order valence-electron chi connectivity index (χ3n) is 2.43. The van der Waals surface area contributed by atoms with E-state index >= 15 is 0 Å². The van der Waals surface area contributed by atoms with Crippen LogP contribution >= 0.6 is 0 Å². The number of nitrogens with one attached hydrogen (secondary N) is 1. The van der Waals surface area contributed by atoms with E-state index in [4.69, 9.17) is 0 Å². The summed E-state index contributed by atoms with van der Waals surface area (Å²) in [5, 5.41) is 3.40. The van der Waals surface area contributed by atoms with E-state index in [2.05, 4.69) is 48.3 Å². The second-order valence-corrected chi connectivity index (χ2v) is 3.32. The molecule has 4 heteroatoms. The molecule has 0 heterocycles. The van der Waals surface area contributed by atoms with Crippen LogP contribution in [0.5, 0.6) is 0 Å². The Hall–Kier alpha value is 0.344. The van der Waals surface area contributed by atoms with Crippen LogP contribution in [0.2, 0.25) is 0 Å². The smallest absolute Gasteiger partial charge is 1.00 e. The van der Waals surface area contributed by atoms with Crippen molar-refractivity contribution in [2.24, 2.45) is 0 Å². The Balaban J connectivity index is -0.000000131. The Morgan fingerprint density at radius 2 is 1.69 bits per heavy atom. The van der Waals surface area contributed by atoms with Gasteiger partial charge in [-0.25, -0.2) is 0 Å². The maximum absolute atomic E-state index is 3.40. The number of likely N-dealkylation sites (N-methyl/N-ethyl adjacent to an activating group) is 1. The van der Waals surface area contributed by atoms with E-state index in [0.29, 0.717) is 0 Å². The summed E-state index contributed by atoms with van der Waals surface area (Å²) in [6.07, 6.45) is 0. The van der Waals surface area contributed by atoms with Crippen molar-refractivity contribution in [3.63, 3.8) is 0 Å². The van der Waals surface area contributed by atoms with Gasteiger partial charge in [0.1, 0.15) is 0 Å². The molecule has 0 atom stereocenters. The van der Waals surface area contributed by atoms with Crippen LogP contribution < -0.4 is 24.2 Å². The minimum Gasteiger partial charge on any atom is -1.00 e. The zero-order chi connectivity index (χ0) is 10.2. The molecule has 1 aromatic rings. The number of benzene rings is 1. The molecule has 84 valence electrons. The molecule has 0 aromatic heterocycles. The molecule has 2 nitrogen and oxygen atoms in total. The van der Waals surface area contributed by atoms with Crippen LogP contribution in [-0.4, -0.2) is 54.1 Å². The maximum Gasteiger partial charge on any atom is 2.00 e. The second kappa shape index (κ2) is 11.8. The molecule has 0 spiro atoms. The fraction of sp³-hybridized carbons (Fsp3) is 0.500. The number of rotatable bonds is 6. The van der Waals surface area contributed by atoms with Crippen molar-refractivity contribution >= 4 is 28.7 Å². The summed E-state index contributed by atoms with van der Waals surface area (Å²) >= 11 is 0. The number of hydrogen-bond donors (Lipinski definition) is 1. The Bertz CT molecular complexity index is 252. The molecule has 0 radical (unpaired) electrons. The van der Waals surface area contributed by atoms with Gasteiger partial charge in [0.25, 0.3) is 0 Å². The maximum atomic E-state index is 3.40. The molecule has 16 heavy (non-hydrogen) atoms. The SMILES string of the molecule is CCN(CC)CCNc1ccccc1.[H-].[H-].[H-].[Li+].[Mg+2]. The topological polar surface area (TPSA) is 15.3 Å². The fourth-order valence-electron chi connectivity index (χ4n) is 1.45. The molecular weight excluding hydrogens is 203 g/mol. The van der Waals surface area contributed by atoms with E-state index in [1.54, 1.807) is 0 Å². The first-order valence-corrected chi connectivity index (χ1v) is 5.38. The number of hydrogen-bond acceptors (Lipinski definition) is 2. The minimum absolute atomic E-state index is 0. The first kappa shape index (κ1) is 18.7. The molecule has 0 aliphatic heterocycles. The van der Waals surface area contributed by atoms with E-state index in [1.165, 1.54) is 5.69 Å². The average molecular weight is 227 g/mol. The van der Waals surface area contributed by atoms with Gasteiger partial charge >= 0.3 is 41.9 Å². The van der Waals surface area contributed by atoms with E-state index in [-0.39, 0.29) is 46.2 Å². The van der Waals surface area contributed by atoms with Gasteiger partial charge in [-0.05, 0) is 25.2 Å². The van der Waals surface area contributed by atoms with Gasteiger partial charge in [-0.2, -0.15) is 0 Å². The zero-order valence-electron chi connectivity index (χ0n) is 13.9. The third kappa shape index (κ3) is 7.59. The van der Waals surface area contributed by atoms with Crippen molar-refractivity contribution in [1.82, 2.24) is 4.90 Å². The minimum atomic E-state index is 0. The fourth-order valence-corrected chi connectivity index (χ4v) is 1.45. The van der Waals surface area contributed by atoms with Gasteiger partial charge in [0.15, 0.2) is 0 Å². The largest absolute Gasteiger partial charge is 2.00 e. The van der Waals surface area contributed by atoms with Crippen LogP contribution in [-0.2, 0) is 0 Å². The molecule has 1 aromatic carbocycles. The normalized spacial score (nSPS) is 9.19. The zero-order valence-corrected chi connectivity index (χ0v) is 12.3. The van der Waals surface area contributed by atoms with E-state index in [0.717, 1.165) is 26.2 Å². The van der Waals surface area contributed by atoms with Crippen molar-refractivity contribution in [2.75, 3.05) is 31.5 Å². The van der Waals surface area contributed by atoms with Crippen LogP contribution in [0.15, 0.2) is 30.3 Å². The summed E-state index contributed by atoms with van der Waals surface area (Å²) in [7, 11) is 0. The summed E-state index contributed by atoms with van der Waals surface area (Å²) in [6, 6.07) is 10.3. The predicted molar refractivity (Wildman–Crippen MR) is 71.8 cm³/mol. The Labute approximate surface area is 132 Å². The molecule has 0 aliphatic rings. The molecule has 0 saturated carbocycles. The van der Waals surface area contributed by atoms with Gasteiger partial charge < -0.3 is 14.5 Å². The van der Waals surface area contributed by atoms with Crippen LogP contribution in [0.25, 0.3) is 0 Å². The number of anilines is 1. The van der Waals surface area contributed by atoms with Gasteiger partial charge in [0.05, 0.1) is 0 Å². The molecule has 0 unspecified atom stereocenters. The summed E-state index contributed by atoms with van der Waals surface area (Å²) in [6.45, 7) is 8.80. The van der Waals surface area contributed by atoms with Crippen molar-refractivity contribution in [1.29, 1.82) is 0 Å². The number of nitrogens with zero attached hydrogens (tertiary/aromatic N) is 1. The van der Waals surface area contributed by atoms with Gasteiger partial charge in [-0.1, -0.05) is 32.0 Å². The summed E-state index contributed by atoms with van der Waals surface area (Å²) < 4.78 is 0. The van der Waals surface area contributed by atoms with Crippen molar-refractivity contribution in [3.05, 3.63) is 30.3 Å². The van der Waals surface area contributed by atoms with Gasteiger partial charge in [0, 0.05) is 18.8 Å². The molecule has 1 N–H and O–H groups in total. The molecule has 0 fully saturated rings. The van der Waals surface area contributed by atoms with E-state index < -0.39 is 0 Å². The summed E-state index contributed by atoms with van der Waals surface area (Å²) in [5.41, 5.74) is 1.21. The van der Waals surface area contributed by atoms with Gasteiger partial charge in [-0.3, -0.25) is 0 Å². The summed E-state index contributed by atoms with van der Waals surface area (Å²) in [5.74, 6) is 0. The van der Waals surface area contributed by atoms with Crippen LogP contribution in [0.1, 0.15) is 18.1 Å². The van der Waals surface area contributed by atoms with Gasteiger partial charge in [0.2, 0.25) is 0 Å². The second-order valence-electron chi connectivity index (χ2n) is 3.32. The van der Waals surface area contributed by atoms with Crippen molar-refractivity contribution in [3.8, 4) is 0 Å². The Morgan fingerprint density at radius 1 is 1.12 bits per heavy atom. The molecule has 0 amide bonds.